The van der Waals surface area contributed by atoms with Gasteiger partial charge in [0.05, 0.1) is 24.3 Å². The molecule has 0 amide bonds. The minimum absolute atomic E-state index is 0.137. The molecule has 8 heteroatoms. The second kappa shape index (κ2) is 7.29. The summed E-state index contributed by atoms with van der Waals surface area (Å²) in [4.78, 5) is 27.6. The maximum Gasteiger partial charge on any atom is 0.353 e. The molecule has 0 aliphatic rings. The van der Waals surface area contributed by atoms with Gasteiger partial charge in [-0.05, 0) is 40.7 Å². The average Bonchev–Trinajstić information content (AvgIpc) is 2.44. The molecule has 132 valence electrons. The highest BCUT2D eigenvalue weighted by Gasteiger charge is 2.35. The van der Waals surface area contributed by atoms with Crippen LogP contribution in [0.3, 0.4) is 0 Å². The molecular formula is C16H22N2O6. The number of esters is 1. The van der Waals surface area contributed by atoms with Crippen LogP contribution >= 0.6 is 0 Å². The van der Waals surface area contributed by atoms with Gasteiger partial charge >= 0.3 is 5.97 Å². The predicted molar refractivity (Wildman–Crippen MR) is 88.3 cm³/mol. The van der Waals surface area contributed by atoms with E-state index in [4.69, 9.17) is 14.3 Å². The molecule has 0 unspecified atom stereocenters. The molecule has 0 radical (unpaired) electrons. The quantitative estimate of drug-likeness (QED) is 0.342. The van der Waals surface area contributed by atoms with Crippen LogP contribution in [0.15, 0.2) is 23.4 Å². The molecule has 0 saturated heterocycles. The molecule has 1 aromatic carbocycles. The molecule has 8 nitrogen and oxygen atoms in total. The number of non-ortho nitro benzene ring substituents is 1. The van der Waals surface area contributed by atoms with Gasteiger partial charge in [0.2, 0.25) is 5.60 Å². The van der Waals surface area contributed by atoms with Gasteiger partial charge in [-0.15, -0.1) is 0 Å². The van der Waals surface area contributed by atoms with Crippen LogP contribution in [0.2, 0.25) is 0 Å². The maximum absolute atomic E-state index is 12.0. The molecule has 0 spiro atoms. The number of carbonyl (C=O) groups is 1. The third kappa shape index (κ3) is 5.86. The smallest absolute Gasteiger partial charge is 0.353 e. The van der Waals surface area contributed by atoms with Crippen molar-refractivity contribution < 1.29 is 24.0 Å². The fraction of sp³-hybridized carbons (Fsp3) is 0.500. The van der Waals surface area contributed by atoms with Crippen LogP contribution in [-0.2, 0) is 14.4 Å². The summed E-state index contributed by atoms with van der Waals surface area (Å²) >= 11 is 0. The summed E-state index contributed by atoms with van der Waals surface area (Å²) in [5, 5.41) is 14.6. The van der Waals surface area contributed by atoms with Crippen LogP contribution in [0.4, 0.5) is 5.69 Å². The van der Waals surface area contributed by atoms with E-state index in [2.05, 4.69) is 5.16 Å². The Balaban J connectivity index is 2.88. The monoisotopic (exact) mass is 338 g/mol. The first-order chi connectivity index (χ1) is 10.9. The number of rotatable bonds is 6. The fourth-order valence-corrected chi connectivity index (χ4v) is 1.56. The number of carbonyl (C=O) groups excluding carboxylic acids is 1. The lowest BCUT2D eigenvalue weighted by Gasteiger charge is -2.26. The second-order valence-corrected chi connectivity index (χ2v) is 6.56. The highest BCUT2D eigenvalue weighted by atomic mass is 16.7. The Hall–Kier alpha value is -2.64. The molecule has 0 saturated carbocycles. The molecule has 0 fully saturated rings. The van der Waals surface area contributed by atoms with Crippen molar-refractivity contribution in [3.05, 3.63) is 33.9 Å². The summed E-state index contributed by atoms with van der Waals surface area (Å²) in [6.45, 7) is 8.29. The first-order valence-corrected chi connectivity index (χ1v) is 7.23. The van der Waals surface area contributed by atoms with Crippen LogP contribution in [-0.4, -0.2) is 35.4 Å². The predicted octanol–water partition coefficient (Wildman–Crippen LogP) is 3.07. The van der Waals surface area contributed by atoms with Gasteiger partial charge in [0, 0.05) is 11.6 Å². The standard InChI is InChI=1S/C16H22N2O6/c1-15(2,3)23-14(19)16(4,5)24-17-10-11-7-12(18(20)21)9-13(8-11)22-6/h7-10H,1-6H3. The van der Waals surface area contributed by atoms with E-state index in [9.17, 15) is 14.9 Å². The zero-order valence-electron chi connectivity index (χ0n) is 14.7. The lowest BCUT2D eigenvalue weighted by molar-refractivity contribution is -0.384. The van der Waals surface area contributed by atoms with Gasteiger partial charge in [0.25, 0.3) is 5.69 Å². The molecule has 0 atom stereocenters. The van der Waals surface area contributed by atoms with Crippen LogP contribution in [0.5, 0.6) is 5.75 Å². The van der Waals surface area contributed by atoms with Gasteiger partial charge < -0.3 is 14.3 Å². The van der Waals surface area contributed by atoms with Crippen molar-refractivity contribution in [3.63, 3.8) is 0 Å². The highest BCUT2D eigenvalue weighted by Crippen LogP contribution is 2.22. The SMILES string of the molecule is COc1cc(C=NOC(C)(C)C(=O)OC(C)(C)C)cc([N+](=O)[O-])c1. The maximum atomic E-state index is 12.0. The van der Waals surface area contributed by atoms with Gasteiger partial charge in [-0.3, -0.25) is 10.1 Å². The Morgan fingerprint density at radius 1 is 1.21 bits per heavy atom. The lowest BCUT2D eigenvalue weighted by atomic mass is 10.1. The number of methoxy groups -OCH3 is 1. The second-order valence-electron chi connectivity index (χ2n) is 6.56. The summed E-state index contributed by atoms with van der Waals surface area (Å²) in [6, 6.07) is 4.17. The number of benzene rings is 1. The Kier molecular flexibility index (Phi) is 5.89. The average molecular weight is 338 g/mol. The molecule has 1 rings (SSSR count). The lowest BCUT2D eigenvalue weighted by Crippen LogP contribution is -2.39. The van der Waals surface area contributed by atoms with Crippen molar-refractivity contribution >= 4 is 17.9 Å². The van der Waals surface area contributed by atoms with Gasteiger partial charge in [-0.2, -0.15) is 0 Å². The van der Waals surface area contributed by atoms with Gasteiger partial charge in [0.15, 0.2) is 0 Å². The van der Waals surface area contributed by atoms with E-state index in [1.807, 2.05) is 0 Å². The minimum atomic E-state index is -1.30. The number of hydrogen-bond donors (Lipinski definition) is 0. The van der Waals surface area contributed by atoms with Gasteiger partial charge in [0.1, 0.15) is 11.4 Å². The Morgan fingerprint density at radius 2 is 1.83 bits per heavy atom. The normalized spacial score (nSPS) is 12.1. The molecule has 0 aliphatic heterocycles. The number of oxime groups is 1. The van der Waals surface area contributed by atoms with Crippen molar-refractivity contribution in [2.45, 2.75) is 45.8 Å². The van der Waals surface area contributed by atoms with E-state index in [0.717, 1.165) is 0 Å². The first kappa shape index (κ1) is 19.4. The third-order valence-corrected chi connectivity index (χ3v) is 2.73. The van der Waals surface area contributed by atoms with Crippen LogP contribution < -0.4 is 4.74 Å². The molecule has 0 heterocycles. The summed E-state index contributed by atoms with van der Waals surface area (Å²) in [5.41, 5.74) is -1.67. The number of nitro benzene ring substituents is 1. The Morgan fingerprint density at radius 3 is 2.33 bits per heavy atom. The summed E-state index contributed by atoms with van der Waals surface area (Å²) in [5.74, 6) is -0.249. The van der Waals surface area contributed by atoms with E-state index < -0.39 is 22.1 Å². The van der Waals surface area contributed by atoms with Crippen LogP contribution in [0, 0.1) is 10.1 Å². The van der Waals surface area contributed by atoms with Crippen molar-refractivity contribution in [2.24, 2.45) is 5.16 Å². The van der Waals surface area contributed by atoms with E-state index in [0.29, 0.717) is 11.3 Å². The zero-order valence-corrected chi connectivity index (χ0v) is 14.7. The molecule has 0 aromatic heterocycles. The van der Waals surface area contributed by atoms with E-state index >= 15 is 0 Å². The minimum Gasteiger partial charge on any atom is -0.496 e. The van der Waals surface area contributed by atoms with Crippen molar-refractivity contribution in [2.75, 3.05) is 7.11 Å². The van der Waals surface area contributed by atoms with Gasteiger partial charge in [-0.25, -0.2) is 4.79 Å². The highest BCUT2D eigenvalue weighted by molar-refractivity contribution is 5.82. The number of ether oxygens (including phenoxy) is 2. The van der Waals surface area contributed by atoms with E-state index in [1.54, 1.807) is 26.8 Å². The summed E-state index contributed by atoms with van der Waals surface area (Å²) < 4.78 is 10.3. The number of nitrogens with zero attached hydrogens (tertiary/aromatic N) is 2. The van der Waals surface area contributed by atoms with Gasteiger partial charge in [-0.1, -0.05) is 5.16 Å². The van der Waals surface area contributed by atoms with Crippen molar-refractivity contribution in [3.8, 4) is 5.75 Å². The molecule has 0 N–H and O–H groups in total. The number of hydrogen-bond acceptors (Lipinski definition) is 7. The van der Waals surface area contributed by atoms with E-state index in [-0.39, 0.29) is 5.69 Å². The molecular weight excluding hydrogens is 316 g/mol. The summed E-state index contributed by atoms with van der Waals surface area (Å²) in [6.07, 6.45) is 1.27. The fourth-order valence-electron chi connectivity index (χ4n) is 1.56. The Bertz CT molecular complexity index is 646. The molecule has 1 aromatic rings. The zero-order chi connectivity index (χ0) is 18.5. The summed E-state index contributed by atoms with van der Waals surface area (Å²) in [7, 11) is 1.40. The first-order valence-electron chi connectivity index (χ1n) is 7.23. The largest absolute Gasteiger partial charge is 0.496 e. The van der Waals surface area contributed by atoms with Crippen molar-refractivity contribution in [1.82, 2.24) is 0 Å². The molecule has 24 heavy (non-hydrogen) atoms. The third-order valence-electron chi connectivity index (χ3n) is 2.73. The van der Waals surface area contributed by atoms with Crippen molar-refractivity contribution in [1.29, 1.82) is 0 Å². The number of nitro groups is 1. The van der Waals surface area contributed by atoms with Crippen LogP contribution in [0.25, 0.3) is 0 Å². The molecule has 0 bridgehead atoms. The topological polar surface area (TPSA) is 100 Å². The Labute approximate surface area is 140 Å². The van der Waals surface area contributed by atoms with E-state index in [1.165, 1.54) is 39.3 Å². The molecule has 0 aliphatic carbocycles. The van der Waals surface area contributed by atoms with Crippen LogP contribution in [0.1, 0.15) is 40.2 Å².